The minimum atomic E-state index is -1.81. The van der Waals surface area contributed by atoms with Gasteiger partial charge in [-0.2, -0.15) is 0 Å². The van der Waals surface area contributed by atoms with Gasteiger partial charge < -0.3 is 19.7 Å². The Kier molecular flexibility index (Phi) is 6.56. The van der Waals surface area contributed by atoms with Gasteiger partial charge in [-0.1, -0.05) is 36.4 Å². The highest BCUT2D eigenvalue weighted by atomic mass is 16.5. The van der Waals surface area contributed by atoms with Crippen LogP contribution in [0.2, 0.25) is 0 Å². The van der Waals surface area contributed by atoms with E-state index in [9.17, 15) is 24.6 Å². The first-order chi connectivity index (χ1) is 18.6. The van der Waals surface area contributed by atoms with E-state index in [1.54, 1.807) is 49.4 Å². The molecule has 2 aliphatic rings. The summed E-state index contributed by atoms with van der Waals surface area (Å²) >= 11 is 0. The zero-order valence-electron chi connectivity index (χ0n) is 22.1. The summed E-state index contributed by atoms with van der Waals surface area (Å²) in [5.41, 5.74) is 1.19. The van der Waals surface area contributed by atoms with Crippen molar-refractivity contribution in [3.05, 3.63) is 82.9 Å². The molecule has 202 valence electrons. The van der Waals surface area contributed by atoms with E-state index >= 15 is 0 Å². The third-order valence-electron chi connectivity index (χ3n) is 7.96. The maximum absolute atomic E-state index is 14.1. The number of fused-ring (bicyclic) bond motifs is 1. The maximum Gasteiger partial charge on any atom is 0.325 e. The Bertz CT molecular complexity index is 1470. The molecule has 9 nitrogen and oxygen atoms in total. The van der Waals surface area contributed by atoms with Crippen molar-refractivity contribution >= 4 is 23.5 Å². The number of aryl methyl sites for hydroxylation is 1. The Labute approximate surface area is 226 Å². The van der Waals surface area contributed by atoms with E-state index < -0.39 is 41.2 Å². The molecule has 39 heavy (non-hydrogen) atoms. The summed E-state index contributed by atoms with van der Waals surface area (Å²) in [6.07, 6.45) is -0.0850. The minimum Gasteiger partial charge on any atom is -0.508 e. The van der Waals surface area contributed by atoms with Crippen molar-refractivity contribution in [2.45, 2.75) is 31.8 Å². The zero-order chi connectivity index (χ0) is 28.1. The van der Waals surface area contributed by atoms with E-state index in [-0.39, 0.29) is 12.2 Å². The lowest BCUT2D eigenvalue weighted by Gasteiger charge is -2.32. The quantitative estimate of drug-likeness (QED) is 0.396. The Hall–Kier alpha value is -4.37. The Morgan fingerprint density at radius 2 is 1.67 bits per heavy atom. The maximum atomic E-state index is 14.1. The van der Waals surface area contributed by atoms with Gasteiger partial charge in [-0.25, -0.2) is 4.90 Å². The molecule has 0 aromatic heterocycles. The molecule has 2 saturated heterocycles. The first-order valence-corrected chi connectivity index (χ1v) is 12.6. The second-order valence-electron chi connectivity index (χ2n) is 10.1. The summed E-state index contributed by atoms with van der Waals surface area (Å²) in [5, 5.41) is 23.7. The van der Waals surface area contributed by atoms with E-state index in [2.05, 4.69) is 5.32 Å². The topological polar surface area (TPSA) is 125 Å². The Morgan fingerprint density at radius 1 is 0.974 bits per heavy atom. The summed E-state index contributed by atoms with van der Waals surface area (Å²) in [6, 6.07) is 15.8. The van der Waals surface area contributed by atoms with Crippen molar-refractivity contribution in [1.29, 1.82) is 0 Å². The fourth-order valence-electron chi connectivity index (χ4n) is 6.12. The van der Waals surface area contributed by atoms with E-state index in [1.165, 1.54) is 26.4 Å². The monoisotopic (exact) mass is 530 g/mol. The number of carbonyl (C=O) groups is 3. The van der Waals surface area contributed by atoms with E-state index in [4.69, 9.17) is 9.47 Å². The smallest absolute Gasteiger partial charge is 0.325 e. The first kappa shape index (κ1) is 26.2. The van der Waals surface area contributed by atoms with Crippen LogP contribution in [0.3, 0.4) is 0 Å². The van der Waals surface area contributed by atoms with Crippen LogP contribution in [0.25, 0.3) is 0 Å². The number of benzene rings is 3. The molecule has 0 saturated carbocycles. The lowest BCUT2D eigenvalue weighted by atomic mass is 9.76. The van der Waals surface area contributed by atoms with Crippen LogP contribution in [0, 0.1) is 25.7 Å². The molecule has 4 atom stereocenters. The van der Waals surface area contributed by atoms with E-state index in [0.29, 0.717) is 33.9 Å². The number of amides is 2. The number of hydrogen-bond acceptors (Lipinski definition) is 7. The third kappa shape index (κ3) is 4.01. The predicted octanol–water partition coefficient (Wildman–Crippen LogP) is 3.54. The number of phenolic OH excluding ortho intramolecular Hbond substituents is 1. The van der Waals surface area contributed by atoms with Crippen molar-refractivity contribution in [2.24, 2.45) is 11.8 Å². The number of hydrogen-bond donors (Lipinski definition) is 3. The minimum absolute atomic E-state index is 0.0366. The largest absolute Gasteiger partial charge is 0.508 e. The average Bonchev–Trinajstić information content (AvgIpc) is 3.39. The fraction of sp³-hybridized carbons (Fsp3) is 0.300. The third-order valence-corrected chi connectivity index (χ3v) is 7.96. The van der Waals surface area contributed by atoms with E-state index in [1.807, 2.05) is 13.0 Å². The number of phenols is 1. The van der Waals surface area contributed by atoms with Crippen molar-refractivity contribution < 1.29 is 34.1 Å². The van der Waals surface area contributed by atoms with Gasteiger partial charge in [-0.3, -0.25) is 19.7 Å². The van der Waals surface area contributed by atoms with Crippen LogP contribution in [0.4, 0.5) is 5.69 Å². The number of para-hydroxylation sites is 1. The molecule has 9 heteroatoms. The number of rotatable bonds is 7. The van der Waals surface area contributed by atoms with Crippen LogP contribution in [0.5, 0.6) is 17.2 Å². The summed E-state index contributed by atoms with van der Waals surface area (Å²) in [6.45, 7) is 3.62. The highest BCUT2D eigenvalue weighted by Crippen LogP contribution is 2.53. The van der Waals surface area contributed by atoms with Gasteiger partial charge >= 0.3 is 5.97 Å². The number of aliphatic carboxylic acids is 1. The van der Waals surface area contributed by atoms with Crippen LogP contribution in [0.1, 0.15) is 28.3 Å². The molecule has 3 aromatic carbocycles. The molecular weight excluding hydrogens is 500 g/mol. The second-order valence-corrected chi connectivity index (χ2v) is 10.1. The lowest BCUT2D eigenvalue weighted by molar-refractivity contribution is -0.148. The number of carboxylic acids is 1. The molecular formula is C30H30N2O7. The summed E-state index contributed by atoms with van der Waals surface area (Å²) in [7, 11) is 3.04. The summed E-state index contributed by atoms with van der Waals surface area (Å²) in [4.78, 5) is 42.5. The summed E-state index contributed by atoms with van der Waals surface area (Å²) < 4.78 is 11.2. The number of carbonyl (C=O) groups excluding carboxylic acids is 2. The van der Waals surface area contributed by atoms with Crippen molar-refractivity contribution in [1.82, 2.24) is 5.32 Å². The fourth-order valence-corrected chi connectivity index (χ4v) is 6.12. The normalized spacial score (nSPS) is 24.1. The number of nitrogens with one attached hydrogen (secondary N) is 1. The lowest BCUT2D eigenvalue weighted by Crippen LogP contribution is -2.57. The van der Waals surface area contributed by atoms with Gasteiger partial charge in [0.05, 0.1) is 31.7 Å². The first-order valence-electron chi connectivity index (χ1n) is 12.6. The SMILES string of the molecule is COc1ccc(C2NC(Cc3ccc(O)cc3)(C(=O)O)C3C(=O)N(c4ccccc4C)C(=O)C23)c(OC)c1C. The Morgan fingerprint density at radius 3 is 2.28 bits per heavy atom. The molecule has 0 bridgehead atoms. The van der Waals surface area contributed by atoms with Crippen LogP contribution >= 0.6 is 0 Å². The molecule has 3 aromatic rings. The number of nitrogens with zero attached hydrogens (tertiary/aromatic N) is 1. The highest BCUT2D eigenvalue weighted by molar-refractivity contribution is 6.24. The molecule has 0 radical (unpaired) electrons. The van der Waals surface area contributed by atoms with Gasteiger partial charge in [0.2, 0.25) is 11.8 Å². The molecule has 0 spiro atoms. The van der Waals surface area contributed by atoms with Crippen molar-refractivity contribution in [2.75, 3.05) is 19.1 Å². The standard InChI is InChI=1S/C30H30N2O7/c1-16-7-5-6-8-21(16)32-27(34)23-24(28(32)35)30(29(36)37,15-18-9-11-19(33)12-10-18)31-25(23)20-13-14-22(38-3)17(2)26(20)39-4/h5-14,23-25,31,33H,15H2,1-4H3,(H,36,37). The van der Waals surface area contributed by atoms with Crippen LogP contribution in [0.15, 0.2) is 60.7 Å². The van der Waals surface area contributed by atoms with Gasteiger partial charge in [-0.05, 0) is 49.2 Å². The molecule has 2 heterocycles. The van der Waals surface area contributed by atoms with Gasteiger partial charge in [0, 0.05) is 23.6 Å². The number of anilines is 1. The van der Waals surface area contributed by atoms with Gasteiger partial charge in [0.1, 0.15) is 22.8 Å². The molecule has 4 unspecified atom stereocenters. The number of aromatic hydroxyl groups is 1. The van der Waals surface area contributed by atoms with Crippen LogP contribution in [-0.4, -0.2) is 47.8 Å². The molecule has 5 rings (SSSR count). The number of carboxylic acid groups (broad SMARTS) is 1. The van der Waals surface area contributed by atoms with Gasteiger partial charge in [0.15, 0.2) is 0 Å². The Balaban J connectivity index is 1.71. The van der Waals surface area contributed by atoms with E-state index in [0.717, 1.165) is 10.5 Å². The number of imide groups is 1. The summed E-state index contributed by atoms with van der Waals surface area (Å²) in [5.74, 6) is -3.43. The molecule has 3 N–H and O–H groups in total. The zero-order valence-corrected chi connectivity index (χ0v) is 22.1. The molecule has 2 amide bonds. The van der Waals surface area contributed by atoms with Crippen LogP contribution < -0.4 is 19.7 Å². The second kappa shape index (κ2) is 9.74. The molecule has 2 aliphatic heterocycles. The number of ether oxygens (including phenoxy) is 2. The molecule has 2 fully saturated rings. The average molecular weight is 531 g/mol. The van der Waals surface area contributed by atoms with Gasteiger partial charge in [-0.15, -0.1) is 0 Å². The highest BCUT2D eigenvalue weighted by Gasteiger charge is 2.69. The molecule has 0 aliphatic carbocycles. The van der Waals surface area contributed by atoms with Crippen molar-refractivity contribution in [3.8, 4) is 17.2 Å². The van der Waals surface area contributed by atoms with Gasteiger partial charge in [0.25, 0.3) is 0 Å². The number of methoxy groups -OCH3 is 2. The predicted molar refractivity (Wildman–Crippen MR) is 143 cm³/mol. The van der Waals surface area contributed by atoms with Crippen LogP contribution in [-0.2, 0) is 20.8 Å². The van der Waals surface area contributed by atoms with Crippen molar-refractivity contribution in [3.63, 3.8) is 0 Å².